The Morgan fingerprint density at radius 1 is 0.875 bits per heavy atom. The number of ether oxygens (including phenoxy) is 1. The van der Waals surface area contributed by atoms with E-state index in [0.29, 0.717) is 28.2 Å². The molecule has 6 nitrogen and oxygen atoms in total. The normalized spacial score (nSPS) is 12.0. The highest BCUT2D eigenvalue weighted by atomic mass is 32.2. The summed E-state index contributed by atoms with van der Waals surface area (Å²) in [6.45, 7) is 4.37. The predicted octanol–water partition coefficient (Wildman–Crippen LogP) is 5.82. The quantitative estimate of drug-likeness (QED) is 0.361. The molecule has 0 aliphatic heterocycles. The minimum absolute atomic E-state index is 0.151. The first-order valence-corrected chi connectivity index (χ1v) is 12.1. The summed E-state index contributed by atoms with van der Waals surface area (Å²) >= 11 is 5.38. The van der Waals surface area contributed by atoms with Gasteiger partial charge in [-0.25, -0.2) is 8.42 Å². The molecule has 32 heavy (non-hydrogen) atoms. The van der Waals surface area contributed by atoms with Crippen molar-refractivity contribution in [1.29, 1.82) is 0 Å². The lowest BCUT2D eigenvalue weighted by molar-refractivity contribution is 0.415. The SMILES string of the molecule is CCC(C)c1ccc(NC(=S)Nc2ccc(S(=O)(=O)Nc3ccc(OC)cc3)cc2)cc1. The Morgan fingerprint density at radius 2 is 1.38 bits per heavy atom. The van der Waals surface area contributed by atoms with Gasteiger partial charge in [-0.2, -0.15) is 0 Å². The van der Waals surface area contributed by atoms with Crippen LogP contribution in [0.25, 0.3) is 0 Å². The van der Waals surface area contributed by atoms with E-state index >= 15 is 0 Å². The second-order valence-corrected chi connectivity index (χ2v) is 9.46. The van der Waals surface area contributed by atoms with E-state index in [0.717, 1.165) is 12.1 Å². The largest absolute Gasteiger partial charge is 0.497 e. The van der Waals surface area contributed by atoms with E-state index in [4.69, 9.17) is 17.0 Å². The van der Waals surface area contributed by atoms with Crippen molar-refractivity contribution in [2.24, 2.45) is 0 Å². The molecule has 3 N–H and O–H groups in total. The number of hydrogen-bond donors (Lipinski definition) is 3. The second-order valence-electron chi connectivity index (χ2n) is 7.37. The molecule has 0 aliphatic carbocycles. The molecule has 0 spiro atoms. The fourth-order valence-corrected chi connectivity index (χ4v) is 4.31. The Labute approximate surface area is 195 Å². The van der Waals surface area contributed by atoms with Crippen LogP contribution in [0.2, 0.25) is 0 Å². The van der Waals surface area contributed by atoms with Crippen LogP contribution in [-0.4, -0.2) is 20.6 Å². The van der Waals surface area contributed by atoms with Crippen molar-refractivity contribution in [2.75, 3.05) is 22.5 Å². The van der Waals surface area contributed by atoms with Crippen molar-refractivity contribution in [3.05, 3.63) is 78.4 Å². The summed E-state index contributed by atoms with van der Waals surface area (Å²) in [5.74, 6) is 1.17. The third kappa shape index (κ3) is 6.21. The molecule has 0 bridgehead atoms. The van der Waals surface area contributed by atoms with E-state index < -0.39 is 10.0 Å². The van der Waals surface area contributed by atoms with Gasteiger partial charge in [0.2, 0.25) is 0 Å². The molecule has 0 saturated heterocycles. The van der Waals surface area contributed by atoms with Crippen LogP contribution in [0.15, 0.2) is 77.7 Å². The van der Waals surface area contributed by atoms with E-state index in [1.807, 2.05) is 12.1 Å². The van der Waals surface area contributed by atoms with Gasteiger partial charge in [-0.15, -0.1) is 0 Å². The number of hydrogen-bond acceptors (Lipinski definition) is 4. The van der Waals surface area contributed by atoms with Crippen molar-refractivity contribution in [1.82, 2.24) is 0 Å². The highest BCUT2D eigenvalue weighted by Crippen LogP contribution is 2.22. The van der Waals surface area contributed by atoms with Gasteiger partial charge in [-0.1, -0.05) is 26.0 Å². The molecule has 3 aromatic rings. The van der Waals surface area contributed by atoms with Crippen molar-refractivity contribution in [3.63, 3.8) is 0 Å². The Balaban J connectivity index is 1.60. The molecular weight excluding hydrogens is 442 g/mol. The summed E-state index contributed by atoms with van der Waals surface area (Å²) in [4.78, 5) is 0.151. The molecule has 0 amide bonds. The molecule has 3 aromatic carbocycles. The molecule has 8 heteroatoms. The first-order chi connectivity index (χ1) is 15.3. The molecule has 0 saturated carbocycles. The van der Waals surface area contributed by atoms with Crippen molar-refractivity contribution >= 4 is 44.4 Å². The summed E-state index contributed by atoms with van der Waals surface area (Å²) in [5.41, 5.74) is 3.31. The summed E-state index contributed by atoms with van der Waals surface area (Å²) in [7, 11) is -2.15. The van der Waals surface area contributed by atoms with Gasteiger partial charge in [0.1, 0.15) is 5.75 Å². The van der Waals surface area contributed by atoms with Crippen LogP contribution in [0.3, 0.4) is 0 Å². The third-order valence-electron chi connectivity index (χ3n) is 5.11. The molecule has 0 aliphatic rings. The number of rotatable bonds is 8. The molecule has 0 radical (unpaired) electrons. The average Bonchev–Trinajstić information content (AvgIpc) is 2.79. The maximum atomic E-state index is 12.6. The van der Waals surface area contributed by atoms with E-state index in [9.17, 15) is 8.42 Å². The number of sulfonamides is 1. The first-order valence-electron chi connectivity index (χ1n) is 10.3. The summed E-state index contributed by atoms with van der Waals surface area (Å²) in [5, 5.41) is 6.64. The molecule has 0 aromatic heterocycles. The number of anilines is 3. The topological polar surface area (TPSA) is 79.5 Å². The summed E-state index contributed by atoms with van der Waals surface area (Å²) < 4.78 is 32.9. The summed E-state index contributed by atoms with van der Waals surface area (Å²) in [6.07, 6.45) is 1.09. The lowest BCUT2D eigenvalue weighted by atomic mass is 9.99. The Bertz CT molecular complexity index is 1140. The number of methoxy groups -OCH3 is 1. The van der Waals surface area contributed by atoms with Gasteiger partial charge < -0.3 is 15.4 Å². The van der Waals surface area contributed by atoms with E-state index in [1.54, 1.807) is 43.5 Å². The van der Waals surface area contributed by atoms with E-state index in [2.05, 4.69) is 41.3 Å². The fourth-order valence-electron chi connectivity index (χ4n) is 3.01. The van der Waals surface area contributed by atoms with Crippen molar-refractivity contribution in [3.8, 4) is 5.75 Å². The Morgan fingerprint density at radius 3 is 1.88 bits per heavy atom. The van der Waals surface area contributed by atoms with E-state index in [1.165, 1.54) is 17.7 Å². The zero-order valence-corrected chi connectivity index (χ0v) is 19.9. The van der Waals surface area contributed by atoms with Crippen LogP contribution in [0.1, 0.15) is 31.7 Å². The van der Waals surface area contributed by atoms with Gasteiger partial charge >= 0.3 is 0 Å². The van der Waals surface area contributed by atoms with Crippen LogP contribution in [0.4, 0.5) is 17.1 Å². The molecule has 168 valence electrons. The molecule has 3 rings (SSSR count). The van der Waals surface area contributed by atoms with Crippen LogP contribution >= 0.6 is 12.2 Å². The minimum Gasteiger partial charge on any atom is -0.497 e. The number of nitrogens with one attached hydrogen (secondary N) is 3. The molecular formula is C24H27N3O3S2. The standard InChI is InChI=1S/C24H27N3O3S2/c1-4-17(2)18-5-7-19(8-6-18)25-24(31)26-20-11-15-23(16-12-20)32(28,29)27-21-9-13-22(30-3)14-10-21/h5-17,27H,4H2,1-3H3,(H2,25,26,31). The Hall–Kier alpha value is -3.10. The van der Waals surface area contributed by atoms with Crippen molar-refractivity contribution in [2.45, 2.75) is 31.1 Å². The van der Waals surface area contributed by atoms with Gasteiger partial charge in [0, 0.05) is 17.1 Å². The van der Waals surface area contributed by atoms with Gasteiger partial charge in [0.25, 0.3) is 10.0 Å². The monoisotopic (exact) mass is 469 g/mol. The number of benzene rings is 3. The van der Waals surface area contributed by atoms with Gasteiger partial charge in [-0.3, -0.25) is 4.72 Å². The zero-order chi connectivity index (χ0) is 23.1. The van der Waals surface area contributed by atoms with Crippen molar-refractivity contribution < 1.29 is 13.2 Å². The Kier molecular flexibility index (Phi) is 7.71. The molecule has 0 heterocycles. The van der Waals surface area contributed by atoms with Gasteiger partial charge in [0.15, 0.2) is 5.11 Å². The smallest absolute Gasteiger partial charge is 0.261 e. The second kappa shape index (κ2) is 10.5. The zero-order valence-electron chi connectivity index (χ0n) is 18.3. The van der Waals surface area contributed by atoms with Gasteiger partial charge in [-0.05, 0) is 90.8 Å². The van der Waals surface area contributed by atoms with E-state index in [-0.39, 0.29) is 4.90 Å². The molecule has 0 fully saturated rings. The van der Waals surface area contributed by atoms with Crippen LogP contribution in [0.5, 0.6) is 5.75 Å². The average molecular weight is 470 g/mol. The predicted molar refractivity (Wildman–Crippen MR) is 135 cm³/mol. The first kappa shape index (κ1) is 23.6. The highest BCUT2D eigenvalue weighted by molar-refractivity contribution is 7.92. The van der Waals surface area contributed by atoms with Crippen LogP contribution < -0.4 is 20.1 Å². The number of thiocarbonyl (C=S) groups is 1. The van der Waals surface area contributed by atoms with Crippen LogP contribution in [-0.2, 0) is 10.0 Å². The third-order valence-corrected chi connectivity index (χ3v) is 6.72. The minimum atomic E-state index is -3.71. The molecule has 1 atom stereocenters. The highest BCUT2D eigenvalue weighted by Gasteiger charge is 2.14. The maximum Gasteiger partial charge on any atom is 0.261 e. The lowest BCUT2D eigenvalue weighted by Gasteiger charge is -2.13. The van der Waals surface area contributed by atoms with Crippen LogP contribution in [0, 0.1) is 0 Å². The van der Waals surface area contributed by atoms with Gasteiger partial charge in [0.05, 0.1) is 12.0 Å². The molecule has 1 unspecified atom stereocenters. The maximum absolute atomic E-state index is 12.6. The lowest BCUT2D eigenvalue weighted by Crippen LogP contribution is -2.19. The summed E-state index contributed by atoms with van der Waals surface area (Å²) in [6, 6.07) is 21.2. The fraction of sp³-hybridized carbons (Fsp3) is 0.208.